The van der Waals surface area contributed by atoms with Crippen LogP contribution in [-0.2, 0) is 9.47 Å². The first kappa shape index (κ1) is 24.1. The minimum atomic E-state index is -0.745. The number of aryl methyl sites for hydroxylation is 1. The van der Waals surface area contributed by atoms with Gasteiger partial charge in [0.25, 0.3) is 5.91 Å². The lowest BCUT2D eigenvalue weighted by molar-refractivity contribution is 0.0591. The Bertz CT molecular complexity index is 932. The molecular weight excluding hydrogens is 400 g/mol. The number of carbonyl (C=O) groups excluding carboxylic acids is 3. The van der Waals surface area contributed by atoms with Gasteiger partial charge in [-0.2, -0.15) is 0 Å². The number of nitrogens with one attached hydrogen (secondary N) is 1. The first-order chi connectivity index (χ1) is 14.8. The van der Waals surface area contributed by atoms with Crippen LogP contribution in [0, 0.1) is 13.8 Å². The predicted octanol–water partition coefficient (Wildman–Crippen LogP) is 3.18. The summed E-state index contributed by atoms with van der Waals surface area (Å²) in [4.78, 5) is 43.1. The van der Waals surface area contributed by atoms with Gasteiger partial charge in [-0.25, -0.2) is 4.79 Å². The van der Waals surface area contributed by atoms with Crippen LogP contribution in [0.5, 0.6) is 5.75 Å². The average Bonchev–Trinajstić information content (AvgIpc) is 3.08. The highest BCUT2D eigenvalue weighted by atomic mass is 16.5. The highest BCUT2D eigenvalue weighted by Gasteiger charge is 2.31. The minimum Gasteiger partial charge on any atom is -0.497 e. The van der Waals surface area contributed by atoms with Gasteiger partial charge >= 0.3 is 5.97 Å². The molecule has 8 heteroatoms. The summed E-state index contributed by atoms with van der Waals surface area (Å²) in [7, 11) is 4.43. The third-order valence-corrected chi connectivity index (χ3v) is 5.27. The van der Waals surface area contributed by atoms with Crippen molar-refractivity contribution in [2.45, 2.75) is 33.2 Å². The Morgan fingerprint density at radius 1 is 1.06 bits per heavy atom. The molecule has 0 bridgehead atoms. The van der Waals surface area contributed by atoms with Gasteiger partial charge in [-0.3, -0.25) is 9.59 Å². The van der Waals surface area contributed by atoms with Crippen LogP contribution in [0.3, 0.4) is 0 Å². The van der Waals surface area contributed by atoms with Crippen LogP contribution in [-0.4, -0.2) is 68.1 Å². The number of esters is 1. The predicted molar refractivity (Wildman–Crippen MR) is 116 cm³/mol. The molecule has 1 heterocycles. The van der Waals surface area contributed by atoms with Crippen molar-refractivity contribution in [2.24, 2.45) is 0 Å². The largest absolute Gasteiger partial charge is 0.497 e. The molecule has 2 aromatic rings. The maximum Gasteiger partial charge on any atom is 0.354 e. The number of aromatic amines is 1. The van der Waals surface area contributed by atoms with Gasteiger partial charge in [-0.05, 0) is 57.0 Å². The molecule has 0 unspecified atom stereocenters. The SMILES string of the molecule is COCCCN(C(=O)c1ccc(OC)cc1)[C@H](C)C(=O)c1c(C)[nH]c(C(=O)OC)c1C. The zero-order chi connectivity index (χ0) is 23.1. The standard InChI is InChI=1S/C23H30N2O6/c1-14-19(15(2)24-20(14)23(28)31-6)21(26)16(3)25(12-7-13-29-4)22(27)17-8-10-18(30-5)11-9-17/h8-11,16,24H,7,12-13H2,1-6H3/t16-/m1/s1. The maximum atomic E-state index is 13.4. The summed E-state index contributed by atoms with van der Waals surface area (Å²) in [6, 6.07) is 6.00. The Hall–Kier alpha value is -3.13. The fourth-order valence-electron chi connectivity index (χ4n) is 3.53. The van der Waals surface area contributed by atoms with Crippen LogP contribution in [0.1, 0.15) is 55.8 Å². The lowest BCUT2D eigenvalue weighted by Gasteiger charge is -2.29. The first-order valence-electron chi connectivity index (χ1n) is 10.0. The van der Waals surface area contributed by atoms with Crippen LogP contribution in [0.25, 0.3) is 0 Å². The number of amides is 1. The number of hydrogen-bond donors (Lipinski definition) is 1. The number of rotatable bonds is 10. The van der Waals surface area contributed by atoms with Gasteiger partial charge in [-0.1, -0.05) is 0 Å². The summed E-state index contributed by atoms with van der Waals surface area (Å²) >= 11 is 0. The number of hydrogen-bond acceptors (Lipinski definition) is 6. The van der Waals surface area contributed by atoms with Crippen molar-refractivity contribution in [1.82, 2.24) is 9.88 Å². The molecule has 0 saturated heterocycles. The van der Waals surface area contributed by atoms with E-state index in [4.69, 9.17) is 14.2 Å². The van der Waals surface area contributed by atoms with Gasteiger partial charge in [0.15, 0.2) is 5.78 Å². The Morgan fingerprint density at radius 3 is 2.26 bits per heavy atom. The maximum absolute atomic E-state index is 13.4. The summed E-state index contributed by atoms with van der Waals surface area (Å²) in [5.41, 5.74) is 2.16. The second-order valence-electron chi connectivity index (χ2n) is 7.23. The van der Waals surface area contributed by atoms with Gasteiger partial charge in [0.1, 0.15) is 11.4 Å². The quantitative estimate of drug-likeness (QED) is 0.353. The van der Waals surface area contributed by atoms with E-state index in [9.17, 15) is 14.4 Å². The number of methoxy groups -OCH3 is 3. The van der Waals surface area contributed by atoms with E-state index in [1.54, 1.807) is 59.3 Å². The van der Waals surface area contributed by atoms with E-state index in [0.717, 1.165) is 0 Å². The summed E-state index contributed by atoms with van der Waals surface area (Å²) in [5, 5.41) is 0. The van der Waals surface area contributed by atoms with Gasteiger partial charge in [0, 0.05) is 37.1 Å². The lowest BCUT2D eigenvalue weighted by atomic mass is 9.99. The van der Waals surface area contributed by atoms with E-state index in [1.165, 1.54) is 12.0 Å². The highest BCUT2D eigenvalue weighted by molar-refractivity contribution is 6.07. The van der Waals surface area contributed by atoms with Crippen molar-refractivity contribution < 1.29 is 28.6 Å². The number of carbonyl (C=O) groups is 3. The van der Waals surface area contributed by atoms with Crippen molar-refractivity contribution in [2.75, 3.05) is 34.5 Å². The third kappa shape index (κ3) is 5.32. The molecule has 0 fully saturated rings. The van der Waals surface area contributed by atoms with E-state index in [-0.39, 0.29) is 17.4 Å². The van der Waals surface area contributed by atoms with E-state index in [2.05, 4.69) is 4.98 Å². The van der Waals surface area contributed by atoms with Crippen molar-refractivity contribution >= 4 is 17.7 Å². The fraction of sp³-hybridized carbons (Fsp3) is 0.435. The Morgan fingerprint density at radius 2 is 1.71 bits per heavy atom. The summed E-state index contributed by atoms with van der Waals surface area (Å²) < 4.78 is 15.1. The number of ether oxygens (including phenoxy) is 3. The monoisotopic (exact) mass is 430 g/mol. The zero-order valence-corrected chi connectivity index (χ0v) is 18.9. The second kappa shape index (κ2) is 10.8. The molecule has 31 heavy (non-hydrogen) atoms. The topological polar surface area (TPSA) is 97.9 Å². The zero-order valence-electron chi connectivity index (χ0n) is 18.9. The summed E-state index contributed by atoms with van der Waals surface area (Å²) in [6.45, 7) is 5.91. The van der Waals surface area contributed by atoms with Crippen molar-refractivity contribution in [3.63, 3.8) is 0 Å². The number of Topliss-reactive ketones (excluding diaryl/α,β-unsaturated/α-hetero) is 1. The molecule has 0 aliphatic carbocycles. The van der Waals surface area contributed by atoms with E-state index < -0.39 is 12.0 Å². The van der Waals surface area contributed by atoms with Crippen LogP contribution in [0.15, 0.2) is 24.3 Å². The van der Waals surface area contributed by atoms with Crippen LogP contribution >= 0.6 is 0 Å². The van der Waals surface area contributed by atoms with Gasteiger partial charge in [0.2, 0.25) is 0 Å². The Labute approximate surface area is 182 Å². The molecule has 1 N–H and O–H groups in total. The molecule has 8 nitrogen and oxygen atoms in total. The van der Waals surface area contributed by atoms with Crippen LogP contribution in [0.2, 0.25) is 0 Å². The number of H-pyrrole nitrogens is 1. The van der Waals surface area contributed by atoms with Crippen molar-refractivity contribution in [3.05, 3.63) is 52.3 Å². The molecular formula is C23H30N2O6. The van der Waals surface area contributed by atoms with Gasteiger partial charge in [0.05, 0.1) is 20.3 Å². The minimum absolute atomic E-state index is 0.239. The molecule has 0 aliphatic rings. The third-order valence-electron chi connectivity index (χ3n) is 5.27. The van der Waals surface area contributed by atoms with Gasteiger partial charge < -0.3 is 24.1 Å². The fourth-order valence-corrected chi connectivity index (χ4v) is 3.53. The molecule has 1 aromatic heterocycles. The van der Waals surface area contributed by atoms with Gasteiger partial charge in [-0.15, -0.1) is 0 Å². The number of aromatic nitrogens is 1. The molecule has 0 saturated carbocycles. The highest BCUT2D eigenvalue weighted by Crippen LogP contribution is 2.23. The summed E-state index contributed by atoms with van der Waals surface area (Å²) in [6.07, 6.45) is 0.578. The Balaban J connectivity index is 2.37. The lowest BCUT2D eigenvalue weighted by Crippen LogP contribution is -2.44. The summed E-state index contributed by atoms with van der Waals surface area (Å²) in [5.74, 6) is -0.418. The van der Waals surface area contributed by atoms with E-state index in [1.807, 2.05) is 0 Å². The number of nitrogens with zero attached hydrogens (tertiary/aromatic N) is 1. The Kier molecular flexibility index (Phi) is 8.38. The number of benzene rings is 1. The molecule has 168 valence electrons. The molecule has 0 spiro atoms. The average molecular weight is 431 g/mol. The van der Waals surface area contributed by atoms with Crippen molar-refractivity contribution in [1.29, 1.82) is 0 Å². The van der Waals surface area contributed by atoms with Crippen LogP contribution < -0.4 is 4.74 Å². The first-order valence-corrected chi connectivity index (χ1v) is 10.0. The molecule has 0 radical (unpaired) electrons. The van der Waals surface area contributed by atoms with E-state index in [0.29, 0.717) is 47.7 Å². The number of ketones is 1. The molecule has 2 rings (SSSR count). The van der Waals surface area contributed by atoms with Crippen molar-refractivity contribution in [3.8, 4) is 5.75 Å². The van der Waals surface area contributed by atoms with Crippen LogP contribution in [0.4, 0.5) is 0 Å². The normalized spacial score (nSPS) is 11.7. The molecule has 1 atom stereocenters. The molecule has 0 aliphatic heterocycles. The molecule has 1 aromatic carbocycles. The van der Waals surface area contributed by atoms with E-state index >= 15 is 0 Å². The smallest absolute Gasteiger partial charge is 0.354 e. The molecule has 1 amide bonds. The second-order valence-corrected chi connectivity index (χ2v) is 7.23.